The van der Waals surface area contributed by atoms with Crippen LogP contribution in [0.2, 0.25) is 0 Å². The van der Waals surface area contributed by atoms with Gasteiger partial charge in [-0.1, -0.05) is 30.3 Å². The van der Waals surface area contributed by atoms with Crippen molar-refractivity contribution in [2.75, 3.05) is 12.4 Å². The Bertz CT molecular complexity index is 1080. The third kappa shape index (κ3) is 2.79. The Morgan fingerprint density at radius 3 is 2.62 bits per heavy atom. The van der Waals surface area contributed by atoms with Gasteiger partial charge in [0.2, 0.25) is 5.95 Å². The lowest BCUT2D eigenvalue weighted by Gasteiger charge is -2.05. The van der Waals surface area contributed by atoms with Gasteiger partial charge in [-0.05, 0) is 24.6 Å². The minimum Gasteiger partial charge on any atom is -0.494 e. The number of fused-ring (bicyclic) bond motifs is 1. The highest BCUT2D eigenvalue weighted by molar-refractivity contribution is 6.04. The van der Waals surface area contributed by atoms with E-state index < -0.39 is 0 Å². The predicted octanol–water partition coefficient (Wildman–Crippen LogP) is 3.52. The number of hydrogen-bond acceptors (Lipinski definition) is 4. The van der Waals surface area contributed by atoms with Crippen LogP contribution in [0.4, 0.5) is 5.95 Å². The molecule has 3 N–H and O–H groups in total. The quantitative estimate of drug-likeness (QED) is 0.526. The predicted molar refractivity (Wildman–Crippen MR) is 99.4 cm³/mol. The SMILES string of the molecule is COc1ccc(-c2ccccc2)c2nc(NC(=O)c3cnc(C)[nH]3)[nH]c12. The normalized spacial score (nSPS) is 10.8. The molecule has 2 aromatic heterocycles. The number of hydrogen-bond donors (Lipinski definition) is 3. The molecule has 0 unspecified atom stereocenters. The third-order valence-corrected chi connectivity index (χ3v) is 4.09. The zero-order chi connectivity index (χ0) is 18.1. The number of methoxy groups -OCH3 is 1. The second-order valence-electron chi connectivity index (χ2n) is 5.83. The van der Waals surface area contributed by atoms with Crippen LogP contribution in [0.1, 0.15) is 16.3 Å². The van der Waals surface area contributed by atoms with Crippen LogP contribution >= 0.6 is 0 Å². The van der Waals surface area contributed by atoms with Crippen molar-refractivity contribution < 1.29 is 9.53 Å². The number of ether oxygens (including phenoxy) is 1. The van der Waals surface area contributed by atoms with Gasteiger partial charge in [0.05, 0.1) is 13.3 Å². The van der Waals surface area contributed by atoms with Crippen molar-refractivity contribution in [3.8, 4) is 16.9 Å². The summed E-state index contributed by atoms with van der Waals surface area (Å²) >= 11 is 0. The summed E-state index contributed by atoms with van der Waals surface area (Å²) in [6, 6.07) is 13.8. The Kier molecular flexibility index (Phi) is 3.89. The van der Waals surface area contributed by atoms with E-state index in [0.717, 1.165) is 22.2 Å². The van der Waals surface area contributed by atoms with Crippen molar-refractivity contribution in [3.63, 3.8) is 0 Å². The fraction of sp³-hybridized carbons (Fsp3) is 0.105. The highest BCUT2D eigenvalue weighted by Crippen LogP contribution is 2.33. The number of nitrogens with one attached hydrogen (secondary N) is 3. The molecule has 0 aliphatic carbocycles. The molecule has 0 fully saturated rings. The molecule has 0 aliphatic rings. The Morgan fingerprint density at radius 2 is 1.92 bits per heavy atom. The molecule has 0 spiro atoms. The molecule has 26 heavy (non-hydrogen) atoms. The molecule has 7 nitrogen and oxygen atoms in total. The van der Waals surface area contributed by atoms with Crippen molar-refractivity contribution in [2.45, 2.75) is 6.92 Å². The van der Waals surface area contributed by atoms with Gasteiger partial charge in [0.25, 0.3) is 5.91 Å². The number of benzene rings is 2. The molecule has 0 saturated heterocycles. The zero-order valence-corrected chi connectivity index (χ0v) is 14.3. The van der Waals surface area contributed by atoms with Gasteiger partial charge < -0.3 is 14.7 Å². The van der Waals surface area contributed by atoms with Crippen LogP contribution in [-0.4, -0.2) is 33.0 Å². The van der Waals surface area contributed by atoms with Crippen molar-refractivity contribution in [3.05, 3.63) is 60.2 Å². The molecule has 2 aromatic carbocycles. The minimum absolute atomic E-state index is 0.315. The first kappa shape index (κ1) is 15.9. The maximum Gasteiger partial charge on any atom is 0.276 e. The molecule has 7 heteroatoms. The third-order valence-electron chi connectivity index (χ3n) is 4.09. The largest absolute Gasteiger partial charge is 0.494 e. The molecule has 4 rings (SSSR count). The molecule has 1 amide bonds. The van der Waals surface area contributed by atoms with Crippen LogP contribution in [0.5, 0.6) is 5.75 Å². The number of carbonyl (C=O) groups excluding carboxylic acids is 1. The molecular formula is C19H17N5O2. The van der Waals surface area contributed by atoms with Gasteiger partial charge in [0.1, 0.15) is 28.3 Å². The maximum absolute atomic E-state index is 12.3. The summed E-state index contributed by atoms with van der Waals surface area (Å²) in [4.78, 5) is 27.0. The summed E-state index contributed by atoms with van der Waals surface area (Å²) in [5.41, 5.74) is 3.82. The Balaban J connectivity index is 1.76. The highest BCUT2D eigenvalue weighted by atomic mass is 16.5. The molecule has 0 aliphatic heterocycles. The van der Waals surface area contributed by atoms with Gasteiger partial charge in [-0.3, -0.25) is 10.1 Å². The van der Waals surface area contributed by atoms with Gasteiger partial charge in [0, 0.05) is 5.56 Å². The Labute approximate surface area is 149 Å². The van der Waals surface area contributed by atoms with Crippen LogP contribution in [-0.2, 0) is 0 Å². The van der Waals surface area contributed by atoms with Gasteiger partial charge >= 0.3 is 0 Å². The van der Waals surface area contributed by atoms with E-state index in [2.05, 4.69) is 25.3 Å². The number of aryl methyl sites for hydroxylation is 1. The van der Waals surface area contributed by atoms with Crippen LogP contribution in [0.15, 0.2) is 48.7 Å². The first-order valence-corrected chi connectivity index (χ1v) is 8.11. The van der Waals surface area contributed by atoms with E-state index in [1.165, 1.54) is 6.20 Å². The number of imidazole rings is 2. The van der Waals surface area contributed by atoms with E-state index in [0.29, 0.717) is 23.2 Å². The number of amides is 1. The summed E-state index contributed by atoms with van der Waals surface area (Å²) in [7, 11) is 1.60. The fourth-order valence-corrected chi connectivity index (χ4v) is 2.86. The van der Waals surface area contributed by atoms with Crippen molar-refractivity contribution in [1.29, 1.82) is 0 Å². The maximum atomic E-state index is 12.3. The molecule has 130 valence electrons. The average molecular weight is 347 g/mol. The molecule has 4 aromatic rings. The van der Waals surface area contributed by atoms with Crippen LogP contribution in [0.3, 0.4) is 0 Å². The number of aromatic amines is 2. The second kappa shape index (κ2) is 6.36. The molecule has 0 bridgehead atoms. The van der Waals surface area contributed by atoms with Crippen LogP contribution in [0.25, 0.3) is 22.2 Å². The smallest absolute Gasteiger partial charge is 0.276 e. The van der Waals surface area contributed by atoms with Gasteiger partial charge in [-0.15, -0.1) is 0 Å². The summed E-state index contributed by atoms with van der Waals surface area (Å²) in [5.74, 6) is 1.36. The summed E-state index contributed by atoms with van der Waals surface area (Å²) in [6.07, 6.45) is 1.49. The fourth-order valence-electron chi connectivity index (χ4n) is 2.86. The van der Waals surface area contributed by atoms with E-state index in [1.54, 1.807) is 14.0 Å². The number of aromatic nitrogens is 4. The summed E-state index contributed by atoms with van der Waals surface area (Å²) in [6.45, 7) is 1.79. The Morgan fingerprint density at radius 1 is 1.12 bits per heavy atom. The van der Waals surface area contributed by atoms with E-state index in [1.807, 2.05) is 42.5 Å². The number of H-pyrrole nitrogens is 2. The van der Waals surface area contributed by atoms with Crippen molar-refractivity contribution >= 4 is 22.9 Å². The van der Waals surface area contributed by atoms with E-state index in [4.69, 9.17) is 4.74 Å². The number of nitrogens with zero attached hydrogens (tertiary/aromatic N) is 2. The minimum atomic E-state index is -0.315. The lowest BCUT2D eigenvalue weighted by atomic mass is 10.0. The summed E-state index contributed by atoms with van der Waals surface area (Å²) in [5, 5.41) is 2.76. The standard InChI is InChI=1S/C19H17N5O2/c1-11-20-10-14(21-11)18(25)24-19-22-16-13(12-6-4-3-5-7-12)8-9-15(26-2)17(16)23-19/h3-10H,1-2H3,(H,20,21)(H2,22,23,24,25). The number of carbonyl (C=O) groups is 1. The zero-order valence-electron chi connectivity index (χ0n) is 14.3. The summed E-state index contributed by atoms with van der Waals surface area (Å²) < 4.78 is 5.42. The number of rotatable bonds is 4. The molecule has 0 radical (unpaired) electrons. The Hall–Kier alpha value is -3.61. The molecule has 0 atom stereocenters. The molecule has 0 saturated carbocycles. The second-order valence-corrected chi connectivity index (χ2v) is 5.83. The lowest BCUT2D eigenvalue weighted by molar-refractivity contribution is 0.102. The highest BCUT2D eigenvalue weighted by Gasteiger charge is 2.16. The lowest BCUT2D eigenvalue weighted by Crippen LogP contribution is -2.13. The average Bonchev–Trinajstić information content (AvgIpc) is 3.27. The van der Waals surface area contributed by atoms with Gasteiger partial charge in [-0.2, -0.15) is 0 Å². The molecule has 2 heterocycles. The van der Waals surface area contributed by atoms with E-state index >= 15 is 0 Å². The van der Waals surface area contributed by atoms with Crippen LogP contribution in [0, 0.1) is 6.92 Å². The number of anilines is 1. The monoisotopic (exact) mass is 347 g/mol. The van der Waals surface area contributed by atoms with Crippen LogP contribution < -0.4 is 10.1 Å². The van der Waals surface area contributed by atoms with Gasteiger partial charge in [-0.25, -0.2) is 9.97 Å². The molecular weight excluding hydrogens is 330 g/mol. The van der Waals surface area contributed by atoms with Crippen molar-refractivity contribution in [2.24, 2.45) is 0 Å². The topological polar surface area (TPSA) is 95.7 Å². The van der Waals surface area contributed by atoms with Gasteiger partial charge in [0.15, 0.2) is 0 Å². The first-order valence-electron chi connectivity index (χ1n) is 8.11. The first-order chi connectivity index (χ1) is 12.7. The van der Waals surface area contributed by atoms with Crippen molar-refractivity contribution in [1.82, 2.24) is 19.9 Å². The van der Waals surface area contributed by atoms with E-state index in [-0.39, 0.29) is 5.91 Å². The van der Waals surface area contributed by atoms with E-state index in [9.17, 15) is 4.79 Å².